The molecule has 0 saturated carbocycles. The lowest BCUT2D eigenvalue weighted by Crippen LogP contribution is -2.05. The van der Waals surface area contributed by atoms with E-state index in [0.717, 1.165) is 47.3 Å². The normalized spacial score (nSPS) is 10.8. The molecule has 1 amide bonds. The summed E-state index contributed by atoms with van der Waals surface area (Å²) in [4.78, 5) is 20.0. The number of phenols is 2. The van der Waals surface area contributed by atoms with Crippen LogP contribution in [0, 0.1) is 13.8 Å². The van der Waals surface area contributed by atoms with Crippen LogP contribution in [0.5, 0.6) is 11.5 Å². The highest BCUT2D eigenvalue weighted by Gasteiger charge is 2.15. The van der Waals surface area contributed by atoms with Crippen LogP contribution in [-0.2, 0) is 17.9 Å². The van der Waals surface area contributed by atoms with Crippen molar-refractivity contribution in [3.63, 3.8) is 0 Å². The molecule has 0 atom stereocenters. The number of anilines is 3. The Bertz CT molecular complexity index is 2590. The van der Waals surface area contributed by atoms with Gasteiger partial charge in [-0.15, -0.1) is 0 Å². The molecule has 7 nitrogen and oxygen atoms in total. The fourth-order valence-electron chi connectivity index (χ4n) is 5.73. The highest BCUT2D eigenvalue weighted by Crippen LogP contribution is 2.41. The first-order valence-electron chi connectivity index (χ1n) is 17.9. The average molecular weight is 889 g/mol. The van der Waals surface area contributed by atoms with E-state index in [9.17, 15) is 15.0 Å². The van der Waals surface area contributed by atoms with Gasteiger partial charge in [0.15, 0.2) is 11.5 Å². The number of hydrogen-bond acceptors (Lipinski definition) is 8. The van der Waals surface area contributed by atoms with E-state index >= 15 is 0 Å². The number of carbonyl (C=O) groups is 1. The fraction of sp³-hybridized carbons (Fsp3) is 0.111. The van der Waals surface area contributed by atoms with Crippen LogP contribution in [0.25, 0.3) is 10.9 Å². The molecule has 1 aromatic heterocycles. The molecule has 6 aromatic carbocycles. The third-order valence-electron chi connectivity index (χ3n) is 8.93. The van der Waals surface area contributed by atoms with Crippen LogP contribution < -0.4 is 16.0 Å². The van der Waals surface area contributed by atoms with E-state index in [1.54, 1.807) is 55.7 Å². The summed E-state index contributed by atoms with van der Waals surface area (Å²) in [6, 6.07) is 37.5. The summed E-state index contributed by atoms with van der Waals surface area (Å²) in [5.41, 5.74) is 6.22. The molecule has 58 heavy (non-hydrogen) atoms. The molecule has 7 rings (SSSR count). The number of nitrogens with zero attached hydrogens (tertiary/aromatic N) is 1. The molecule has 0 aliphatic carbocycles. The molecule has 0 aliphatic rings. The molecule has 0 radical (unpaired) electrons. The summed E-state index contributed by atoms with van der Waals surface area (Å²) < 4.78 is 0. The molecule has 13 heteroatoms. The van der Waals surface area contributed by atoms with Crippen molar-refractivity contribution in [2.45, 2.75) is 53.4 Å². The average Bonchev–Trinajstić information content (AvgIpc) is 3.22. The molecule has 0 spiro atoms. The van der Waals surface area contributed by atoms with Crippen molar-refractivity contribution in [1.82, 2.24) is 4.98 Å². The second-order valence-electron chi connectivity index (χ2n) is 13.1. The van der Waals surface area contributed by atoms with Gasteiger partial charge in [0.2, 0.25) is 5.91 Å². The third kappa shape index (κ3) is 10.8. The predicted octanol–water partition coefficient (Wildman–Crippen LogP) is 14.0. The topological polar surface area (TPSA) is 107 Å². The SMILES string of the molecule is CC(=O)Nc1ccc(Sc2ccccc2CNc2cc(Cl)c(C)c(Cl)c2O)cc1.Cc1c(Cl)cc(NCc2ccccc2Sc2ccc3cccnc3c2)c(O)c1Cl. The molecule has 0 aliphatic heterocycles. The number of amides is 1. The number of carbonyl (C=O) groups excluding carboxylic acids is 1. The number of fused-ring (bicyclic) bond motifs is 1. The first kappa shape index (κ1) is 42.9. The van der Waals surface area contributed by atoms with Gasteiger partial charge in [0.1, 0.15) is 0 Å². The maximum Gasteiger partial charge on any atom is 0.221 e. The van der Waals surface area contributed by atoms with Crippen molar-refractivity contribution in [1.29, 1.82) is 0 Å². The minimum atomic E-state index is -0.0959. The van der Waals surface area contributed by atoms with Gasteiger partial charge < -0.3 is 26.2 Å². The number of pyridine rings is 1. The summed E-state index contributed by atoms with van der Waals surface area (Å²) in [5, 5.41) is 32.5. The molecule has 0 bridgehead atoms. The summed E-state index contributed by atoms with van der Waals surface area (Å²) in [6.45, 7) is 6.04. The number of nitrogens with one attached hydrogen (secondary N) is 3. The highest BCUT2D eigenvalue weighted by atomic mass is 35.5. The van der Waals surface area contributed by atoms with Crippen LogP contribution in [0.1, 0.15) is 29.2 Å². The summed E-state index contributed by atoms with van der Waals surface area (Å²) in [7, 11) is 0. The number of benzene rings is 6. The minimum absolute atomic E-state index is 0.00717. The van der Waals surface area contributed by atoms with E-state index in [2.05, 4.69) is 57.3 Å². The largest absolute Gasteiger partial charge is 0.504 e. The zero-order chi connectivity index (χ0) is 41.3. The molecular weight excluding hydrogens is 850 g/mol. The molecule has 0 fully saturated rings. The zero-order valence-electron chi connectivity index (χ0n) is 31.5. The molecule has 296 valence electrons. The van der Waals surface area contributed by atoms with Crippen molar-refractivity contribution < 1.29 is 15.0 Å². The Morgan fingerprint density at radius 1 is 0.638 bits per heavy atom. The standard InChI is InChI=1S/C23H18Cl2N2OS.C22H20Cl2N2O2S/c1-14-18(24)12-20(23(28)22(14)25)27-13-16-5-2-3-7-21(16)29-17-9-8-15-6-4-10-26-19(15)11-17;1-13-18(23)11-19(22(28)21(13)24)25-12-15-5-3-4-6-20(15)29-17-9-7-16(8-10-17)26-14(2)27/h2-12,27-28H,13H2,1H3;3-11,25,28H,12H2,1-2H3,(H,26,27). The maximum atomic E-state index is 11.1. The van der Waals surface area contributed by atoms with E-state index in [4.69, 9.17) is 46.4 Å². The van der Waals surface area contributed by atoms with E-state index in [-0.39, 0.29) is 27.5 Å². The van der Waals surface area contributed by atoms with Crippen molar-refractivity contribution in [2.75, 3.05) is 16.0 Å². The number of aromatic nitrogens is 1. The van der Waals surface area contributed by atoms with Crippen LogP contribution >= 0.6 is 69.9 Å². The number of halogens is 4. The van der Waals surface area contributed by atoms with Gasteiger partial charge >= 0.3 is 0 Å². The Morgan fingerprint density at radius 2 is 1.14 bits per heavy atom. The van der Waals surface area contributed by atoms with Crippen LogP contribution in [0.3, 0.4) is 0 Å². The Morgan fingerprint density at radius 3 is 1.67 bits per heavy atom. The van der Waals surface area contributed by atoms with Crippen LogP contribution in [0.4, 0.5) is 17.1 Å². The fourth-order valence-corrected chi connectivity index (χ4v) is 8.56. The predicted molar refractivity (Wildman–Crippen MR) is 244 cm³/mol. The molecule has 0 unspecified atom stereocenters. The molecule has 0 saturated heterocycles. The lowest BCUT2D eigenvalue weighted by Gasteiger charge is -2.14. The number of phenolic OH excluding ortho intramolecular Hbond substituents is 2. The molecule has 5 N–H and O–H groups in total. The molecule has 7 aromatic rings. The van der Waals surface area contributed by atoms with Crippen molar-refractivity contribution in [3.05, 3.63) is 164 Å². The Kier molecular flexibility index (Phi) is 14.6. The van der Waals surface area contributed by atoms with E-state index in [0.29, 0.717) is 45.6 Å². The van der Waals surface area contributed by atoms with Gasteiger partial charge in [-0.1, -0.05) is 118 Å². The summed E-state index contributed by atoms with van der Waals surface area (Å²) >= 11 is 28.0. The van der Waals surface area contributed by atoms with Gasteiger partial charge in [0.05, 0.1) is 26.9 Å². The van der Waals surface area contributed by atoms with Gasteiger partial charge in [-0.05, 0) is 103 Å². The Balaban J connectivity index is 0.000000196. The lowest BCUT2D eigenvalue weighted by atomic mass is 10.2. The van der Waals surface area contributed by atoms with E-state index < -0.39 is 0 Å². The quantitative estimate of drug-likeness (QED) is 0.0818. The molecular formula is C45H38Cl4N4O3S2. The number of aromatic hydroxyl groups is 2. The number of hydrogen-bond donors (Lipinski definition) is 5. The second-order valence-corrected chi connectivity index (χ2v) is 16.9. The maximum absolute atomic E-state index is 11.1. The number of rotatable bonds is 11. The van der Waals surface area contributed by atoms with Gasteiger partial charge in [0, 0.05) is 66.9 Å². The van der Waals surface area contributed by atoms with Crippen molar-refractivity contribution >= 4 is 104 Å². The van der Waals surface area contributed by atoms with E-state index in [1.807, 2.05) is 66.7 Å². The summed E-state index contributed by atoms with van der Waals surface area (Å²) in [6.07, 6.45) is 1.80. The molecule has 1 heterocycles. The highest BCUT2D eigenvalue weighted by molar-refractivity contribution is 7.99. The van der Waals surface area contributed by atoms with Gasteiger partial charge in [-0.3, -0.25) is 9.78 Å². The second kappa shape index (κ2) is 19.8. The Hall–Kier alpha value is -4.74. The minimum Gasteiger partial charge on any atom is -0.504 e. The first-order chi connectivity index (χ1) is 27.9. The first-order valence-corrected chi connectivity index (χ1v) is 21.1. The lowest BCUT2D eigenvalue weighted by molar-refractivity contribution is -0.114. The monoisotopic (exact) mass is 886 g/mol. The van der Waals surface area contributed by atoms with Crippen LogP contribution in [0.15, 0.2) is 141 Å². The van der Waals surface area contributed by atoms with Gasteiger partial charge in [0.25, 0.3) is 0 Å². The zero-order valence-corrected chi connectivity index (χ0v) is 36.2. The van der Waals surface area contributed by atoms with Crippen molar-refractivity contribution in [3.8, 4) is 11.5 Å². The van der Waals surface area contributed by atoms with Crippen LogP contribution in [-0.4, -0.2) is 21.1 Å². The van der Waals surface area contributed by atoms with Gasteiger partial charge in [-0.2, -0.15) is 0 Å². The van der Waals surface area contributed by atoms with Crippen LogP contribution in [0.2, 0.25) is 20.1 Å². The van der Waals surface area contributed by atoms with Crippen molar-refractivity contribution in [2.24, 2.45) is 0 Å². The van der Waals surface area contributed by atoms with E-state index in [1.165, 1.54) is 6.92 Å². The Labute approximate surface area is 366 Å². The smallest absolute Gasteiger partial charge is 0.221 e. The van der Waals surface area contributed by atoms with Gasteiger partial charge in [-0.25, -0.2) is 0 Å². The third-order valence-corrected chi connectivity index (χ3v) is 12.9. The summed E-state index contributed by atoms with van der Waals surface area (Å²) in [5.74, 6) is -0.0899.